The maximum atomic E-state index is 11.3. The summed E-state index contributed by atoms with van der Waals surface area (Å²) < 4.78 is 4.55. The van der Waals surface area contributed by atoms with Crippen LogP contribution in [-0.2, 0) is 14.3 Å². The van der Waals surface area contributed by atoms with E-state index in [-0.39, 0.29) is 17.1 Å². The van der Waals surface area contributed by atoms with E-state index in [9.17, 15) is 9.59 Å². The van der Waals surface area contributed by atoms with E-state index in [1.807, 2.05) is 6.92 Å². The Labute approximate surface area is 101 Å². The van der Waals surface area contributed by atoms with Crippen LogP contribution >= 0.6 is 11.8 Å². The normalized spacial score (nSPS) is 11.9. The van der Waals surface area contributed by atoms with E-state index in [1.54, 1.807) is 0 Å². The lowest BCUT2D eigenvalue weighted by molar-refractivity contribution is -0.140. The van der Waals surface area contributed by atoms with Crippen LogP contribution in [0.5, 0.6) is 0 Å². The maximum absolute atomic E-state index is 11.3. The average molecular weight is 247 g/mol. The van der Waals surface area contributed by atoms with E-state index in [2.05, 4.69) is 17.0 Å². The van der Waals surface area contributed by atoms with Gasteiger partial charge in [-0.3, -0.25) is 9.59 Å². The zero-order chi connectivity index (χ0) is 12.4. The monoisotopic (exact) mass is 247 g/mol. The largest absolute Gasteiger partial charge is 0.469 e. The zero-order valence-corrected chi connectivity index (χ0v) is 11.1. The molecule has 0 heterocycles. The van der Waals surface area contributed by atoms with Gasteiger partial charge in [0, 0.05) is 11.8 Å². The van der Waals surface area contributed by atoms with Crippen molar-refractivity contribution in [1.82, 2.24) is 5.32 Å². The minimum Gasteiger partial charge on any atom is -0.469 e. The lowest BCUT2D eigenvalue weighted by Gasteiger charge is -2.09. The van der Waals surface area contributed by atoms with Crippen molar-refractivity contribution in [3.63, 3.8) is 0 Å². The number of methoxy groups -OCH3 is 1. The molecule has 0 aliphatic carbocycles. The van der Waals surface area contributed by atoms with E-state index in [4.69, 9.17) is 0 Å². The molecule has 1 atom stereocenters. The van der Waals surface area contributed by atoms with Gasteiger partial charge in [-0.15, -0.1) is 11.8 Å². The number of thioether (sulfide) groups is 1. The molecule has 4 nitrogen and oxygen atoms in total. The molecule has 0 saturated carbocycles. The SMILES string of the molecule is CCCCNC(=O)CSC(C)CC(=O)OC. The topological polar surface area (TPSA) is 55.4 Å². The Morgan fingerprint density at radius 1 is 1.44 bits per heavy atom. The fraction of sp³-hybridized carbons (Fsp3) is 0.818. The predicted molar refractivity (Wildman–Crippen MR) is 66.5 cm³/mol. The number of esters is 1. The van der Waals surface area contributed by atoms with Gasteiger partial charge < -0.3 is 10.1 Å². The van der Waals surface area contributed by atoms with Crippen molar-refractivity contribution in [1.29, 1.82) is 0 Å². The fourth-order valence-corrected chi connectivity index (χ4v) is 1.84. The molecule has 0 aliphatic rings. The summed E-state index contributed by atoms with van der Waals surface area (Å²) >= 11 is 1.47. The standard InChI is InChI=1S/C11H21NO3S/c1-4-5-6-12-10(13)8-16-9(2)7-11(14)15-3/h9H,4-8H2,1-3H3,(H,12,13). The molecule has 0 saturated heterocycles. The van der Waals surface area contributed by atoms with Crippen LogP contribution in [0.4, 0.5) is 0 Å². The third-order valence-corrected chi connectivity index (χ3v) is 3.20. The molecule has 0 spiro atoms. The number of nitrogens with one attached hydrogen (secondary N) is 1. The van der Waals surface area contributed by atoms with E-state index in [0.29, 0.717) is 12.2 Å². The highest BCUT2D eigenvalue weighted by molar-refractivity contribution is 8.00. The highest BCUT2D eigenvalue weighted by Gasteiger charge is 2.11. The number of rotatable bonds is 8. The first kappa shape index (κ1) is 15.3. The summed E-state index contributed by atoms with van der Waals surface area (Å²) in [6.07, 6.45) is 2.43. The van der Waals surface area contributed by atoms with Gasteiger partial charge >= 0.3 is 5.97 Å². The molecule has 1 amide bonds. The van der Waals surface area contributed by atoms with Crippen LogP contribution in [0.2, 0.25) is 0 Å². The molecule has 94 valence electrons. The van der Waals surface area contributed by atoms with Gasteiger partial charge in [0.15, 0.2) is 0 Å². The van der Waals surface area contributed by atoms with E-state index < -0.39 is 0 Å². The molecule has 5 heteroatoms. The van der Waals surface area contributed by atoms with E-state index in [1.165, 1.54) is 18.9 Å². The van der Waals surface area contributed by atoms with Crippen LogP contribution in [0.15, 0.2) is 0 Å². The Balaban J connectivity index is 3.54. The molecule has 0 fully saturated rings. The Morgan fingerprint density at radius 2 is 2.12 bits per heavy atom. The van der Waals surface area contributed by atoms with Crippen molar-refractivity contribution >= 4 is 23.6 Å². The van der Waals surface area contributed by atoms with Crippen molar-refractivity contribution in [2.75, 3.05) is 19.4 Å². The molecule has 1 unspecified atom stereocenters. The zero-order valence-electron chi connectivity index (χ0n) is 10.2. The molecular weight excluding hydrogens is 226 g/mol. The number of unbranched alkanes of at least 4 members (excludes halogenated alkanes) is 1. The van der Waals surface area contributed by atoms with Gasteiger partial charge in [0.1, 0.15) is 0 Å². The third kappa shape index (κ3) is 8.59. The van der Waals surface area contributed by atoms with Crippen molar-refractivity contribution in [2.24, 2.45) is 0 Å². The highest BCUT2D eigenvalue weighted by atomic mass is 32.2. The van der Waals surface area contributed by atoms with Crippen LogP contribution in [-0.4, -0.2) is 36.5 Å². The molecule has 0 aliphatic heterocycles. The van der Waals surface area contributed by atoms with Crippen LogP contribution in [0, 0.1) is 0 Å². The molecule has 0 rings (SSSR count). The van der Waals surface area contributed by atoms with Crippen molar-refractivity contribution in [3.05, 3.63) is 0 Å². The highest BCUT2D eigenvalue weighted by Crippen LogP contribution is 2.13. The summed E-state index contributed by atoms with van der Waals surface area (Å²) in [7, 11) is 1.37. The number of ether oxygens (including phenoxy) is 1. The summed E-state index contributed by atoms with van der Waals surface area (Å²) in [6, 6.07) is 0. The van der Waals surface area contributed by atoms with Gasteiger partial charge in [0.05, 0.1) is 19.3 Å². The third-order valence-electron chi connectivity index (χ3n) is 2.03. The molecular formula is C11H21NO3S. The molecule has 0 aromatic carbocycles. The van der Waals surface area contributed by atoms with Gasteiger partial charge in [-0.05, 0) is 6.42 Å². The summed E-state index contributed by atoms with van der Waals surface area (Å²) in [5.41, 5.74) is 0. The average Bonchev–Trinajstić information content (AvgIpc) is 2.26. The van der Waals surface area contributed by atoms with Crippen molar-refractivity contribution in [2.45, 2.75) is 38.4 Å². The first-order valence-corrected chi connectivity index (χ1v) is 6.60. The van der Waals surface area contributed by atoms with Crippen LogP contribution < -0.4 is 5.32 Å². The van der Waals surface area contributed by atoms with Gasteiger partial charge in [-0.2, -0.15) is 0 Å². The summed E-state index contributed by atoms with van der Waals surface area (Å²) in [5.74, 6) is 0.212. The van der Waals surface area contributed by atoms with Crippen LogP contribution in [0.3, 0.4) is 0 Å². The molecule has 0 aromatic rings. The second-order valence-electron chi connectivity index (χ2n) is 3.61. The van der Waals surface area contributed by atoms with E-state index in [0.717, 1.165) is 19.4 Å². The van der Waals surface area contributed by atoms with Crippen LogP contribution in [0.25, 0.3) is 0 Å². The first-order valence-electron chi connectivity index (χ1n) is 5.55. The lowest BCUT2D eigenvalue weighted by atomic mass is 10.3. The van der Waals surface area contributed by atoms with Gasteiger partial charge in [-0.1, -0.05) is 20.3 Å². The second kappa shape index (κ2) is 9.51. The Kier molecular flexibility index (Phi) is 9.09. The number of amides is 1. The van der Waals surface area contributed by atoms with Crippen LogP contribution in [0.1, 0.15) is 33.1 Å². The Bertz CT molecular complexity index is 221. The van der Waals surface area contributed by atoms with Crippen molar-refractivity contribution in [3.8, 4) is 0 Å². The minimum absolute atomic E-state index is 0.0372. The molecule has 0 bridgehead atoms. The second-order valence-corrected chi connectivity index (χ2v) is 5.03. The first-order chi connectivity index (χ1) is 7.60. The summed E-state index contributed by atoms with van der Waals surface area (Å²) in [5, 5.41) is 2.95. The molecule has 16 heavy (non-hydrogen) atoms. The fourth-order valence-electron chi connectivity index (χ4n) is 1.05. The smallest absolute Gasteiger partial charge is 0.306 e. The number of hydrogen-bond donors (Lipinski definition) is 1. The maximum Gasteiger partial charge on any atom is 0.306 e. The van der Waals surface area contributed by atoms with Gasteiger partial charge in [-0.25, -0.2) is 0 Å². The molecule has 0 radical (unpaired) electrons. The molecule has 1 N–H and O–H groups in total. The number of carbonyl (C=O) groups is 2. The predicted octanol–water partition coefficient (Wildman–Crippen LogP) is 1.59. The number of hydrogen-bond acceptors (Lipinski definition) is 4. The lowest BCUT2D eigenvalue weighted by Crippen LogP contribution is -2.27. The van der Waals surface area contributed by atoms with E-state index >= 15 is 0 Å². The van der Waals surface area contributed by atoms with Crippen molar-refractivity contribution < 1.29 is 14.3 Å². The molecule has 0 aromatic heterocycles. The number of carbonyl (C=O) groups excluding carboxylic acids is 2. The quantitative estimate of drug-likeness (QED) is 0.523. The minimum atomic E-state index is -0.230. The summed E-state index contributed by atoms with van der Waals surface area (Å²) in [4.78, 5) is 22.3. The summed E-state index contributed by atoms with van der Waals surface area (Å²) in [6.45, 7) is 4.74. The Morgan fingerprint density at radius 3 is 2.69 bits per heavy atom. The van der Waals surface area contributed by atoms with Gasteiger partial charge in [0.2, 0.25) is 5.91 Å². The Hall–Kier alpha value is -0.710. The van der Waals surface area contributed by atoms with Gasteiger partial charge in [0.25, 0.3) is 0 Å².